The van der Waals surface area contributed by atoms with E-state index in [4.69, 9.17) is 21.6 Å². The van der Waals surface area contributed by atoms with Crippen LogP contribution in [0.5, 0.6) is 5.75 Å². The van der Waals surface area contributed by atoms with E-state index in [1.54, 1.807) is 23.9 Å². The molecule has 0 saturated carbocycles. The number of rotatable bonds is 4. The van der Waals surface area contributed by atoms with Crippen molar-refractivity contribution in [2.24, 2.45) is 7.05 Å². The highest BCUT2D eigenvalue weighted by molar-refractivity contribution is 6.31. The van der Waals surface area contributed by atoms with Gasteiger partial charge in [0.05, 0.1) is 24.2 Å². The lowest BCUT2D eigenvalue weighted by atomic mass is 10.2. The highest BCUT2D eigenvalue weighted by atomic mass is 35.5. The first-order valence-electron chi connectivity index (χ1n) is 8.78. The lowest BCUT2D eigenvalue weighted by Crippen LogP contribution is -2.34. The van der Waals surface area contributed by atoms with Crippen LogP contribution in [-0.4, -0.2) is 36.9 Å². The first-order valence-corrected chi connectivity index (χ1v) is 9.16. The van der Waals surface area contributed by atoms with Gasteiger partial charge in [-0.3, -0.25) is 4.68 Å². The Balaban J connectivity index is 1.69. The van der Waals surface area contributed by atoms with Gasteiger partial charge in [0.25, 0.3) is 0 Å². The second-order valence-corrected chi connectivity index (χ2v) is 6.97. The molecule has 0 aliphatic carbocycles. The van der Waals surface area contributed by atoms with Crippen LogP contribution < -0.4 is 10.1 Å². The molecular formula is C19H16ClN7O2. The molecule has 1 aromatic carbocycles. The molecule has 0 unspecified atom stereocenters. The van der Waals surface area contributed by atoms with Crippen LogP contribution in [0.25, 0.3) is 33.5 Å². The number of amides is 1. The molecule has 3 aromatic heterocycles. The fraction of sp³-hybridized carbons (Fsp3) is 0.211. The number of aromatic amines is 1. The molecule has 4 rings (SSSR count). The number of carbonyl (C=O) groups excluding carboxylic acids is 1. The van der Waals surface area contributed by atoms with Gasteiger partial charge in [0.15, 0.2) is 16.9 Å². The van der Waals surface area contributed by atoms with Crippen LogP contribution in [0, 0.1) is 11.3 Å². The predicted octanol–water partition coefficient (Wildman–Crippen LogP) is 3.56. The fourth-order valence-electron chi connectivity index (χ4n) is 3.00. The van der Waals surface area contributed by atoms with E-state index in [-0.39, 0.29) is 18.2 Å². The zero-order valence-electron chi connectivity index (χ0n) is 15.6. The largest absolute Gasteiger partial charge is 0.412 e. The highest BCUT2D eigenvalue weighted by Crippen LogP contribution is 2.30. The SMILES string of the molecule is C[C@@H](CC#N)NC(=O)Oc1c[nH]c2ncc(-c3nn(C)c4cc(Cl)ccc34)nc12. The van der Waals surface area contributed by atoms with Gasteiger partial charge in [-0.2, -0.15) is 10.4 Å². The van der Waals surface area contributed by atoms with Gasteiger partial charge in [-0.15, -0.1) is 0 Å². The summed E-state index contributed by atoms with van der Waals surface area (Å²) in [6, 6.07) is 7.16. The number of halogens is 1. The molecule has 1 amide bonds. The van der Waals surface area contributed by atoms with Crippen molar-refractivity contribution in [3.05, 3.63) is 35.6 Å². The van der Waals surface area contributed by atoms with Crippen molar-refractivity contribution < 1.29 is 9.53 Å². The van der Waals surface area contributed by atoms with E-state index in [9.17, 15) is 4.79 Å². The van der Waals surface area contributed by atoms with Crippen LogP contribution in [0.15, 0.2) is 30.6 Å². The number of ether oxygens (including phenoxy) is 1. The summed E-state index contributed by atoms with van der Waals surface area (Å²) in [6.45, 7) is 1.72. The molecule has 0 bridgehead atoms. The van der Waals surface area contributed by atoms with Crippen LogP contribution in [0.4, 0.5) is 4.79 Å². The molecule has 0 saturated heterocycles. The van der Waals surface area contributed by atoms with Crippen molar-refractivity contribution in [3.63, 3.8) is 0 Å². The van der Waals surface area contributed by atoms with Crippen LogP contribution in [-0.2, 0) is 7.05 Å². The first-order chi connectivity index (χ1) is 14.0. The van der Waals surface area contributed by atoms with Gasteiger partial charge in [0.2, 0.25) is 0 Å². The summed E-state index contributed by atoms with van der Waals surface area (Å²) < 4.78 is 7.07. The minimum absolute atomic E-state index is 0.184. The number of carbonyl (C=O) groups is 1. The zero-order chi connectivity index (χ0) is 20.5. The third-order valence-electron chi connectivity index (χ3n) is 4.37. The summed E-state index contributed by atoms with van der Waals surface area (Å²) in [4.78, 5) is 24.0. The third kappa shape index (κ3) is 3.58. The number of hydrogen-bond donors (Lipinski definition) is 2. The van der Waals surface area contributed by atoms with Crippen molar-refractivity contribution in [2.75, 3.05) is 0 Å². The van der Waals surface area contributed by atoms with Gasteiger partial charge >= 0.3 is 6.09 Å². The Morgan fingerprint density at radius 3 is 3.10 bits per heavy atom. The Kier molecular flexibility index (Phi) is 4.78. The van der Waals surface area contributed by atoms with Crippen molar-refractivity contribution in [2.45, 2.75) is 19.4 Å². The minimum atomic E-state index is -0.668. The molecule has 146 valence electrons. The number of aryl methyl sites for hydroxylation is 1. The Morgan fingerprint density at radius 1 is 1.48 bits per heavy atom. The lowest BCUT2D eigenvalue weighted by Gasteiger charge is -2.09. The van der Waals surface area contributed by atoms with E-state index < -0.39 is 6.09 Å². The number of H-pyrrole nitrogens is 1. The molecule has 2 N–H and O–H groups in total. The maximum atomic E-state index is 12.1. The Morgan fingerprint density at radius 2 is 2.31 bits per heavy atom. The van der Waals surface area contributed by atoms with E-state index >= 15 is 0 Å². The van der Waals surface area contributed by atoms with E-state index in [1.165, 1.54) is 6.20 Å². The van der Waals surface area contributed by atoms with Crippen LogP contribution in [0.2, 0.25) is 5.02 Å². The van der Waals surface area contributed by atoms with Gasteiger partial charge in [-0.1, -0.05) is 11.6 Å². The van der Waals surface area contributed by atoms with Crippen molar-refractivity contribution >= 4 is 39.8 Å². The smallest absolute Gasteiger partial charge is 0.406 e. The summed E-state index contributed by atoms with van der Waals surface area (Å²) >= 11 is 6.09. The van der Waals surface area contributed by atoms with E-state index in [0.29, 0.717) is 27.6 Å². The van der Waals surface area contributed by atoms with Gasteiger partial charge in [-0.05, 0) is 25.1 Å². The molecule has 3 heterocycles. The number of benzene rings is 1. The monoisotopic (exact) mass is 409 g/mol. The van der Waals surface area contributed by atoms with Gasteiger partial charge in [0, 0.05) is 29.7 Å². The minimum Gasteiger partial charge on any atom is -0.406 e. The number of nitrogens with zero attached hydrogens (tertiary/aromatic N) is 5. The highest BCUT2D eigenvalue weighted by Gasteiger charge is 2.17. The van der Waals surface area contributed by atoms with Crippen LogP contribution in [0.1, 0.15) is 13.3 Å². The molecule has 0 spiro atoms. The normalized spacial score (nSPS) is 12.1. The quantitative estimate of drug-likeness (QED) is 0.531. The summed E-state index contributed by atoms with van der Waals surface area (Å²) in [6.07, 6.45) is 2.63. The molecular weight excluding hydrogens is 394 g/mol. The Bertz CT molecular complexity index is 1270. The van der Waals surface area contributed by atoms with E-state index in [2.05, 4.69) is 25.4 Å². The number of fused-ring (bicyclic) bond motifs is 2. The summed E-state index contributed by atoms with van der Waals surface area (Å²) in [5, 5.41) is 17.3. The molecule has 0 aliphatic heterocycles. The van der Waals surface area contributed by atoms with Gasteiger partial charge in [0.1, 0.15) is 11.4 Å². The maximum Gasteiger partial charge on any atom is 0.412 e. The molecule has 9 nitrogen and oxygen atoms in total. The van der Waals surface area contributed by atoms with E-state index in [1.807, 2.05) is 25.2 Å². The zero-order valence-corrected chi connectivity index (χ0v) is 16.4. The lowest BCUT2D eigenvalue weighted by molar-refractivity contribution is 0.197. The summed E-state index contributed by atoms with van der Waals surface area (Å²) in [7, 11) is 1.83. The average molecular weight is 410 g/mol. The molecule has 0 radical (unpaired) electrons. The summed E-state index contributed by atoms with van der Waals surface area (Å²) in [5.74, 6) is 0.235. The van der Waals surface area contributed by atoms with Crippen molar-refractivity contribution in [1.29, 1.82) is 5.26 Å². The standard InChI is InChI=1S/C19H16ClN7O2/c1-10(5-6-21)24-19(28)29-15-9-23-18-17(15)25-13(8-22-18)16-12-4-3-11(20)7-14(12)27(2)26-16/h3-4,7-10H,5H2,1-2H3,(H,22,23)(H,24,28)/t10-/m0/s1. The molecule has 4 aromatic rings. The first kappa shape index (κ1) is 18.7. The topological polar surface area (TPSA) is 122 Å². The molecule has 0 fully saturated rings. The summed E-state index contributed by atoms with van der Waals surface area (Å²) in [5.41, 5.74) is 2.93. The molecule has 10 heteroatoms. The van der Waals surface area contributed by atoms with E-state index in [0.717, 1.165) is 10.9 Å². The average Bonchev–Trinajstić information content (AvgIpc) is 3.22. The second-order valence-electron chi connectivity index (χ2n) is 6.54. The number of nitrogens with one attached hydrogen (secondary N) is 2. The fourth-order valence-corrected chi connectivity index (χ4v) is 3.17. The van der Waals surface area contributed by atoms with Crippen LogP contribution in [0.3, 0.4) is 0 Å². The third-order valence-corrected chi connectivity index (χ3v) is 4.60. The Hall–Kier alpha value is -3.64. The van der Waals surface area contributed by atoms with Crippen molar-refractivity contribution in [1.82, 2.24) is 30.0 Å². The Labute approximate surface area is 170 Å². The second kappa shape index (κ2) is 7.41. The molecule has 29 heavy (non-hydrogen) atoms. The molecule has 1 atom stereocenters. The maximum absolute atomic E-state index is 12.1. The van der Waals surface area contributed by atoms with Crippen molar-refractivity contribution in [3.8, 4) is 23.2 Å². The number of nitriles is 1. The number of hydrogen-bond acceptors (Lipinski definition) is 6. The van der Waals surface area contributed by atoms with Crippen LogP contribution >= 0.6 is 11.6 Å². The van der Waals surface area contributed by atoms with Gasteiger partial charge < -0.3 is 15.0 Å². The van der Waals surface area contributed by atoms with Gasteiger partial charge in [-0.25, -0.2) is 14.8 Å². The predicted molar refractivity (Wildman–Crippen MR) is 107 cm³/mol. The number of aromatic nitrogens is 5. The molecule has 0 aliphatic rings.